The van der Waals surface area contributed by atoms with Crippen LogP contribution in [-0.4, -0.2) is 19.0 Å². The number of nitrogens with zero attached hydrogens (tertiary/aromatic N) is 1. The summed E-state index contributed by atoms with van der Waals surface area (Å²) in [7, 11) is 1.60. The van der Waals surface area contributed by atoms with Gasteiger partial charge < -0.3 is 10.6 Å². The maximum Gasteiger partial charge on any atom is 0.236 e. The van der Waals surface area contributed by atoms with E-state index in [1.54, 1.807) is 20.0 Å². The number of likely N-dealkylation sites (N-methyl/N-ethyl adjacent to an activating group) is 1. The number of benzene rings is 1. The quantitative estimate of drug-likeness (QED) is 0.783. The molecule has 1 atom stereocenters. The predicted molar refractivity (Wildman–Crippen MR) is 61.5 cm³/mol. The fourth-order valence-corrected chi connectivity index (χ4v) is 1.36. The summed E-state index contributed by atoms with van der Waals surface area (Å²) in [6.45, 7) is 2.30. The third-order valence-electron chi connectivity index (χ3n) is 2.38. The zero-order valence-electron chi connectivity index (χ0n) is 9.45. The Hall–Kier alpha value is -1.86. The lowest BCUT2D eigenvalue weighted by Crippen LogP contribution is -2.40. The molecule has 2 N–H and O–H groups in total. The molecule has 0 unspecified atom stereocenters. The van der Waals surface area contributed by atoms with E-state index in [-0.39, 0.29) is 11.9 Å². The van der Waals surface area contributed by atoms with Gasteiger partial charge in [0.1, 0.15) is 0 Å². The number of amides is 1. The van der Waals surface area contributed by atoms with E-state index in [1.807, 2.05) is 18.2 Å². The average molecular weight is 217 g/mol. The Morgan fingerprint density at radius 3 is 2.81 bits per heavy atom. The Morgan fingerprint density at radius 1 is 1.50 bits per heavy atom. The van der Waals surface area contributed by atoms with Crippen LogP contribution in [0.3, 0.4) is 0 Å². The van der Waals surface area contributed by atoms with E-state index < -0.39 is 0 Å². The Balaban J connectivity index is 2.62. The van der Waals surface area contributed by atoms with Gasteiger partial charge in [-0.3, -0.25) is 4.79 Å². The molecule has 0 aliphatic carbocycles. The second-order valence-corrected chi connectivity index (χ2v) is 3.49. The first kappa shape index (κ1) is 12.2. The number of hydrogen-bond donors (Lipinski definition) is 2. The Bertz CT molecular complexity index is 409. The van der Waals surface area contributed by atoms with Crippen molar-refractivity contribution >= 4 is 5.91 Å². The van der Waals surface area contributed by atoms with E-state index in [1.165, 1.54) is 0 Å². The third-order valence-corrected chi connectivity index (χ3v) is 2.38. The van der Waals surface area contributed by atoms with Crippen LogP contribution in [0.2, 0.25) is 0 Å². The van der Waals surface area contributed by atoms with Crippen LogP contribution in [0.4, 0.5) is 0 Å². The molecule has 4 nitrogen and oxygen atoms in total. The first-order chi connectivity index (χ1) is 7.69. The second-order valence-electron chi connectivity index (χ2n) is 3.49. The van der Waals surface area contributed by atoms with Crippen LogP contribution < -0.4 is 10.6 Å². The summed E-state index contributed by atoms with van der Waals surface area (Å²) in [5, 5.41) is 14.5. The molecule has 0 aliphatic rings. The number of nitriles is 1. The molecule has 0 aromatic heterocycles. The second kappa shape index (κ2) is 5.89. The third kappa shape index (κ3) is 3.07. The minimum absolute atomic E-state index is 0.0607. The Morgan fingerprint density at radius 2 is 2.19 bits per heavy atom. The van der Waals surface area contributed by atoms with E-state index in [4.69, 9.17) is 5.26 Å². The topological polar surface area (TPSA) is 64.9 Å². The largest absolute Gasteiger partial charge is 0.358 e. The lowest BCUT2D eigenvalue weighted by atomic mass is 10.1. The van der Waals surface area contributed by atoms with Gasteiger partial charge in [0.25, 0.3) is 0 Å². The summed E-state index contributed by atoms with van der Waals surface area (Å²) in [5.41, 5.74) is 1.54. The molecule has 4 heteroatoms. The van der Waals surface area contributed by atoms with Crippen molar-refractivity contribution in [3.63, 3.8) is 0 Å². The van der Waals surface area contributed by atoms with Gasteiger partial charge in [-0.1, -0.05) is 18.2 Å². The van der Waals surface area contributed by atoms with Gasteiger partial charge in [-0.15, -0.1) is 0 Å². The van der Waals surface area contributed by atoms with Crippen molar-refractivity contribution in [3.8, 4) is 6.07 Å². The fraction of sp³-hybridized carbons (Fsp3) is 0.333. The van der Waals surface area contributed by atoms with Crippen molar-refractivity contribution in [1.29, 1.82) is 5.26 Å². The summed E-state index contributed by atoms with van der Waals surface area (Å²) in [6, 6.07) is 9.20. The van der Waals surface area contributed by atoms with Crippen LogP contribution in [0.5, 0.6) is 0 Å². The van der Waals surface area contributed by atoms with Gasteiger partial charge in [-0.05, 0) is 18.6 Å². The predicted octanol–water partition coefficient (Wildman–Crippen LogP) is 0.782. The molecule has 0 bridgehead atoms. The lowest BCUT2D eigenvalue weighted by Gasteiger charge is -2.12. The molecule has 1 amide bonds. The van der Waals surface area contributed by atoms with E-state index >= 15 is 0 Å². The van der Waals surface area contributed by atoms with Gasteiger partial charge in [-0.2, -0.15) is 5.26 Å². The number of rotatable bonds is 4. The monoisotopic (exact) mass is 217 g/mol. The van der Waals surface area contributed by atoms with E-state index in [2.05, 4.69) is 16.7 Å². The lowest BCUT2D eigenvalue weighted by molar-refractivity contribution is -0.122. The number of nitrogens with one attached hydrogen (secondary N) is 2. The van der Waals surface area contributed by atoms with Gasteiger partial charge in [0, 0.05) is 13.6 Å². The molecule has 0 saturated carbocycles. The number of hydrogen-bond acceptors (Lipinski definition) is 3. The highest BCUT2D eigenvalue weighted by molar-refractivity contribution is 5.80. The van der Waals surface area contributed by atoms with Crippen LogP contribution >= 0.6 is 0 Å². The molecule has 0 spiro atoms. The molecule has 0 radical (unpaired) electrons. The minimum Gasteiger partial charge on any atom is -0.358 e. The minimum atomic E-state index is -0.267. The van der Waals surface area contributed by atoms with E-state index in [0.717, 1.165) is 5.56 Å². The Kier molecular flexibility index (Phi) is 4.49. The summed E-state index contributed by atoms with van der Waals surface area (Å²) in [6.07, 6.45) is 0. The first-order valence-electron chi connectivity index (χ1n) is 5.12. The van der Waals surface area contributed by atoms with Crippen molar-refractivity contribution in [2.75, 3.05) is 7.05 Å². The first-order valence-corrected chi connectivity index (χ1v) is 5.12. The molecule has 1 aromatic carbocycles. The molecule has 0 heterocycles. The SMILES string of the molecule is CNC(=O)[C@@H](C)NCc1ccccc1C#N. The smallest absolute Gasteiger partial charge is 0.236 e. The number of carbonyl (C=O) groups is 1. The maximum atomic E-state index is 11.2. The van der Waals surface area contributed by atoms with Crippen LogP contribution in [0, 0.1) is 11.3 Å². The molecule has 0 saturated heterocycles. The number of carbonyl (C=O) groups excluding carboxylic acids is 1. The maximum absolute atomic E-state index is 11.2. The van der Waals surface area contributed by atoms with Crippen LogP contribution in [0.15, 0.2) is 24.3 Å². The van der Waals surface area contributed by atoms with Crippen molar-refractivity contribution in [2.45, 2.75) is 19.5 Å². The van der Waals surface area contributed by atoms with E-state index in [0.29, 0.717) is 12.1 Å². The molecule has 16 heavy (non-hydrogen) atoms. The standard InChI is InChI=1S/C12H15N3O/c1-9(12(16)14-2)15-8-11-6-4-3-5-10(11)7-13/h3-6,9,15H,8H2,1-2H3,(H,14,16)/t9-/m1/s1. The molecule has 0 aliphatic heterocycles. The van der Waals surface area contributed by atoms with Crippen molar-refractivity contribution in [1.82, 2.24) is 10.6 Å². The van der Waals surface area contributed by atoms with E-state index in [9.17, 15) is 4.79 Å². The van der Waals surface area contributed by atoms with Gasteiger partial charge in [0.2, 0.25) is 5.91 Å². The van der Waals surface area contributed by atoms with Gasteiger partial charge in [0.05, 0.1) is 17.7 Å². The molecule has 1 rings (SSSR count). The highest BCUT2D eigenvalue weighted by Crippen LogP contribution is 2.06. The average Bonchev–Trinajstić information content (AvgIpc) is 2.35. The molecule has 0 fully saturated rings. The normalized spacial score (nSPS) is 11.6. The van der Waals surface area contributed by atoms with Crippen LogP contribution in [-0.2, 0) is 11.3 Å². The summed E-state index contributed by atoms with van der Waals surface area (Å²) in [4.78, 5) is 11.2. The van der Waals surface area contributed by atoms with Crippen LogP contribution in [0.25, 0.3) is 0 Å². The summed E-state index contributed by atoms with van der Waals surface area (Å²) < 4.78 is 0. The highest BCUT2D eigenvalue weighted by Gasteiger charge is 2.10. The van der Waals surface area contributed by atoms with Crippen molar-refractivity contribution in [2.24, 2.45) is 0 Å². The molecule has 84 valence electrons. The summed E-state index contributed by atoms with van der Waals surface area (Å²) >= 11 is 0. The molecular formula is C12H15N3O. The van der Waals surface area contributed by atoms with Crippen molar-refractivity contribution in [3.05, 3.63) is 35.4 Å². The van der Waals surface area contributed by atoms with Gasteiger partial charge >= 0.3 is 0 Å². The molecular weight excluding hydrogens is 202 g/mol. The Labute approximate surface area is 95.3 Å². The van der Waals surface area contributed by atoms with Crippen molar-refractivity contribution < 1.29 is 4.79 Å². The fourth-order valence-electron chi connectivity index (χ4n) is 1.36. The molecule has 1 aromatic rings. The van der Waals surface area contributed by atoms with Crippen LogP contribution in [0.1, 0.15) is 18.1 Å². The van der Waals surface area contributed by atoms with Gasteiger partial charge in [0.15, 0.2) is 0 Å². The highest BCUT2D eigenvalue weighted by atomic mass is 16.2. The summed E-state index contributed by atoms with van der Waals surface area (Å²) in [5.74, 6) is -0.0607. The zero-order chi connectivity index (χ0) is 12.0. The zero-order valence-corrected chi connectivity index (χ0v) is 9.45. The van der Waals surface area contributed by atoms with Gasteiger partial charge in [-0.25, -0.2) is 0 Å².